The van der Waals surface area contributed by atoms with Crippen LogP contribution in [0.15, 0.2) is 23.3 Å². The second kappa shape index (κ2) is 4.99. The van der Waals surface area contributed by atoms with Crippen molar-refractivity contribution in [1.29, 1.82) is 0 Å². The van der Waals surface area contributed by atoms with Crippen molar-refractivity contribution in [2.24, 2.45) is 5.41 Å². The summed E-state index contributed by atoms with van der Waals surface area (Å²) in [5.74, 6) is -0.612. The first kappa shape index (κ1) is 14.1. The van der Waals surface area contributed by atoms with Crippen LogP contribution in [0, 0.1) is 5.41 Å². The largest absolute Gasteiger partial charge is 0.346 e. The molecule has 1 atom stereocenters. The fourth-order valence-corrected chi connectivity index (χ4v) is 3.43. The molecule has 1 unspecified atom stereocenters. The third-order valence-electron chi connectivity index (χ3n) is 3.90. The second-order valence-electron chi connectivity index (χ2n) is 5.84. The van der Waals surface area contributed by atoms with Gasteiger partial charge in [0.25, 0.3) is 0 Å². The summed E-state index contributed by atoms with van der Waals surface area (Å²) in [5, 5.41) is -0.190. The van der Waals surface area contributed by atoms with E-state index in [1.54, 1.807) is 0 Å². The lowest BCUT2D eigenvalue weighted by Crippen LogP contribution is -2.49. The molecule has 3 heteroatoms. The minimum atomic E-state index is -0.612. The maximum Gasteiger partial charge on any atom is 0.189 e. The number of halogens is 1. The highest BCUT2D eigenvalue weighted by Crippen LogP contribution is 2.50. The third kappa shape index (κ3) is 2.26. The first-order valence-corrected chi connectivity index (χ1v) is 7.16. The molecule has 18 heavy (non-hydrogen) atoms. The van der Waals surface area contributed by atoms with E-state index in [9.17, 15) is 0 Å². The number of hydrogen-bond acceptors (Lipinski definition) is 2. The van der Waals surface area contributed by atoms with Crippen LogP contribution in [-0.2, 0) is 9.47 Å². The molecule has 0 saturated carbocycles. The number of allylic oxidation sites excluding steroid dienone is 3. The molecule has 0 amide bonds. The highest BCUT2D eigenvalue weighted by atomic mass is 35.5. The number of alkyl halides is 1. The van der Waals surface area contributed by atoms with Gasteiger partial charge in [-0.2, -0.15) is 0 Å². The standard InChI is InChI=1S/C15H23ClO2/c1-5-6-7-12-11(2)13(16)15(10-14(12,3)4)17-8-9-18-15/h6-7,13H,5,8-10H2,1-4H3. The Morgan fingerprint density at radius 3 is 2.50 bits per heavy atom. The maximum atomic E-state index is 6.59. The van der Waals surface area contributed by atoms with Crippen LogP contribution < -0.4 is 0 Å². The zero-order chi connectivity index (χ0) is 13.4. The van der Waals surface area contributed by atoms with Crippen LogP contribution in [-0.4, -0.2) is 24.4 Å². The molecule has 1 fully saturated rings. The fraction of sp³-hybridized carbons (Fsp3) is 0.733. The zero-order valence-corrected chi connectivity index (χ0v) is 12.5. The summed E-state index contributed by atoms with van der Waals surface area (Å²) in [4.78, 5) is 0. The van der Waals surface area contributed by atoms with Crippen molar-refractivity contribution in [2.75, 3.05) is 13.2 Å². The molecule has 1 aliphatic heterocycles. The summed E-state index contributed by atoms with van der Waals surface area (Å²) in [6, 6.07) is 0. The summed E-state index contributed by atoms with van der Waals surface area (Å²) in [6.07, 6.45) is 6.26. The molecule has 0 aromatic carbocycles. The SMILES string of the molecule is CCC=CC1=C(C)C(Cl)C2(CC1(C)C)OCCO2. The number of rotatable bonds is 2. The van der Waals surface area contributed by atoms with Crippen LogP contribution in [0.3, 0.4) is 0 Å². The van der Waals surface area contributed by atoms with E-state index in [4.69, 9.17) is 21.1 Å². The van der Waals surface area contributed by atoms with Crippen LogP contribution in [0.5, 0.6) is 0 Å². The molecule has 0 aromatic heterocycles. The van der Waals surface area contributed by atoms with Gasteiger partial charge in [-0.05, 0) is 29.9 Å². The zero-order valence-electron chi connectivity index (χ0n) is 11.8. The average Bonchev–Trinajstić information content (AvgIpc) is 2.75. The first-order valence-electron chi connectivity index (χ1n) is 6.73. The van der Waals surface area contributed by atoms with Gasteiger partial charge in [0.15, 0.2) is 5.79 Å². The Hall–Kier alpha value is -0.310. The predicted molar refractivity (Wildman–Crippen MR) is 74.8 cm³/mol. The molecule has 2 nitrogen and oxygen atoms in total. The number of ether oxygens (including phenoxy) is 2. The van der Waals surface area contributed by atoms with Crippen molar-refractivity contribution in [3.63, 3.8) is 0 Å². The smallest absolute Gasteiger partial charge is 0.189 e. The van der Waals surface area contributed by atoms with Crippen molar-refractivity contribution in [2.45, 2.75) is 51.7 Å². The molecule has 2 rings (SSSR count). The van der Waals surface area contributed by atoms with E-state index in [2.05, 4.69) is 39.8 Å². The summed E-state index contributed by atoms with van der Waals surface area (Å²) >= 11 is 6.59. The first-order chi connectivity index (χ1) is 8.43. The van der Waals surface area contributed by atoms with E-state index < -0.39 is 5.79 Å². The van der Waals surface area contributed by atoms with Crippen LogP contribution in [0.2, 0.25) is 0 Å². The van der Waals surface area contributed by atoms with E-state index in [1.165, 1.54) is 11.1 Å². The highest BCUT2D eigenvalue weighted by molar-refractivity contribution is 6.23. The topological polar surface area (TPSA) is 18.5 Å². The van der Waals surface area contributed by atoms with Crippen molar-refractivity contribution < 1.29 is 9.47 Å². The molecule has 1 saturated heterocycles. The van der Waals surface area contributed by atoms with Crippen LogP contribution in [0.1, 0.15) is 40.5 Å². The molecule has 2 aliphatic rings. The van der Waals surface area contributed by atoms with Gasteiger partial charge in [0.05, 0.1) is 13.2 Å². The van der Waals surface area contributed by atoms with Crippen molar-refractivity contribution in [3.8, 4) is 0 Å². The van der Waals surface area contributed by atoms with Gasteiger partial charge in [0.2, 0.25) is 0 Å². The monoisotopic (exact) mass is 270 g/mol. The molecule has 1 aliphatic carbocycles. The molecule has 102 valence electrons. The molecular weight excluding hydrogens is 248 g/mol. The molecule has 0 radical (unpaired) electrons. The lowest BCUT2D eigenvalue weighted by molar-refractivity contribution is -0.175. The lowest BCUT2D eigenvalue weighted by atomic mass is 9.69. The van der Waals surface area contributed by atoms with Crippen LogP contribution in [0.4, 0.5) is 0 Å². The van der Waals surface area contributed by atoms with Gasteiger partial charge in [-0.3, -0.25) is 0 Å². The summed E-state index contributed by atoms with van der Waals surface area (Å²) in [6.45, 7) is 10.0. The summed E-state index contributed by atoms with van der Waals surface area (Å²) in [7, 11) is 0. The van der Waals surface area contributed by atoms with Crippen LogP contribution >= 0.6 is 11.6 Å². The Morgan fingerprint density at radius 2 is 1.94 bits per heavy atom. The van der Waals surface area contributed by atoms with E-state index in [-0.39, 0.29) is 10.8 Å². The Bertz CT molecular complexity index is 376. The second-order valence-corrected chi connectivity index (χ2v) is 6.28. The fourth-order valence-electron chi connectivity index (χ4n) is 3.11. The molecular formula is C15H23ClO2. The maximum absolute atomic E-state index is 6.59. The Labute approximate surface area is 115 Å². The Morgan fingerprint density at radius 1 is 1.33 bits per heavy atom. The van der Waals surface area contributed by atoms with E-state index >= 15 is 0 Å². The van der Waals surface area contributed by atoms with Gasteiger partial charge < -0.3 is 9.47 Å². The van der Waals surface area contributed by atoms with E-state index in [0.29, 0.717) is 13.2 Å². The molecule has 0 N–H and O–H groups in total. The molecule has 1 heterocycles. The molecule has 1 spiro atoms. The minimum absolute atomic E-state index is 0.0332. The van der Waals surface area contributed by atoms with Gasteiger partial charge in [-0.1, -0.05) is 32.9 Å². The Balaban J connectivity index is 2.40. The van der Waals surface area contributed by atoms with E-state index in [1.807, 2.05) is 0 Å². The average molecular weight is 271 g/mol. The third-order valence-corrected chi connectivity index (χ3v) is 4.56. The van der Waals surface area contributed by atoms with Gasteiger partial charge in [0, 0.05) is 6.42 Å². The molecule has 0 bridgehead atoms. The molecule has 0 aromatic rings. The van der Waals surface area contributed by atoms with E-state index in [0.717, 1.165) is 12.8 Å². The van der Waals surface area contributed by atoms with Gasteiger partial charge in [0.1, 0.15) is 5.38 Å². The van der Waals surface area contributed by atoms with Gasteiger partial charge in [-0.25, -0.2) is 0 Å². The number of hydrogen-bond donors (Lipinski definition) is 0. The summed E-state index contributed by atoms with van der Waals surface area (Å²) in [5.41, 5.74) is 2.54. The lowest BCUT2D eigenvalue weighted by Gasteiger charge is -2.45. The predicted octanol–water partition coefficient (Wildman–Crippen LogP) is 4.05. The Kier molecular flexibility index (Phi) is 3.91. The normalized spacial score (nSPS) is 30.6. The quantitative estimate of drug-likeness (QED) is 0.705. The van der Waals surface area contributed by atoms with Crippen LogP contribution in [0.25, 0.3) is 0 Å². The minimum Gasteiger partial charge on any atom is -0.346 e. The van der Waals surface area contributed by atoms with Crippen molar-refractivity contribution in [1.82, 2.24) is 0 Å². The van der Waals surface area contributed by atoms with Gasteiger partial charge >= 0.3 is 0 Å². The highest BCUT2D eigenvalue weighted by Gasteiger charge is 2.52. The van der Waals surface area contributed by atoms with Crippen molar-refractivity contribution >= 4 is 11.6 Å². The summed E-state index contributed by atoms with van der Waals surface area (Å²) < 4.78 is 11.7. The van der Waals surface area contributed by atoms with Crippen molar-refractivity contribution in [3.05, 3.63) is 23.3 Å². The van der Waals surface area contributed by atoms with Gasteiger partial charge in [-0.15, -0.1) is 11.6 Å².